The Kier molecular flexibility index (Phi) is 4.07. The van der Waals surface area contributed by atoms with Gasteiger partial charge in [0.15, 0.2) is 5.60 Å². The second kappa shape index (κ2) is 4.92. The molecule has 1 rings (SSSR count). The summed E-state index contributed by atoms with van der Waals surface area (Å²) in [4.78, 5) is 12.7. The average Bonchev–Trinajstić information content (AvgIpc) is 2.52. The van der Waals surface area contributed by atoms with Gasteiger partial charge in [0.05, 0.1) is 0 Å². The molecule has 0 aromatic carbocycles. The Morgan fingerprint density at radius 3 is 2.87 bits per heavy atom. The lowest BCUT2D eigenvalue weighted by atomic mass is 10.1. The molecule has 1 heterocycles. The van der Waals surface area contributed by atoms with Crippen LogP contribution in [0.2, 0.25) is 0 Å². The van der Waals surface area contributed by atoms with Gasteiger partial charge in [-0.3, -0.25) is 4.90 Å². The summed E-state index contributed by atoms with van der Waals surface area (Å²) in [6.07, 6.45) is 1.07. The first-order valence-electron chi connectivity index (χ1n) is 5.28. The van der Waals surface area contributed by atoms with Gasteiger partial charge in [0, 0.05) is 13.1 Å². The van der Waals surface area contributed by atoms with Crippen LogP contribution in [0.15, 0.2) is 0 Å². The zero-order valence-corrected chi connectivity index (χ0v) is 9.36. The number of nitrogens with one attached hydrogen (secondary N) is 1. The Balaban J connectivity index is 2.38. The minimum Gasteiger partial charge on any atom is -0.479 e. The second-order valence-corrected chi connectivity index (χ2v) is 4.53. The third-order valence-corrected chi connectivity index (χ3v) is 2.85. The number of nitrogens with zero attached hydrogens (tertiary/aromatic N) is 1. The lowest BCUT2D eigenvalue weighted by Gasteiger charge is -2.25. The van der Waals surface area contributed by atoms with E-state index in [-0.39, 0.29) is 6.54 Å². The minimum atomic E-state index is -1.63. The highest BCUT2D eigenvalue weighted by Gasteiger charge is 2.34. The van der Waals surface area contributed by atoms with Crippen LogP contribution in [0.3, 0.4) is 0 Å². The zero-order valence-electron chi connectivity index (χ0n) is 9.36. The van der Waals surface area contributed by atoms with Crippen molar-refractivity contribution in [1.29, 1.82) is 0 Å². The van der Waals surface area contributed by atoms with Gasteiger partial charge in [0.25, 0.3) is 0 Å². The molecule has 1 fully saturated rings. The average molecular weight is 216 g/mol. The van der Waals surface area contributed by atoms with Crippen molar-refractivity contribution >= 4 is 5.97 Å². The van der Waals surface area contributed by atoms with Crippen LogP contribution in [0.1, 0.15) is 13.3 Å². The van der Waals surface area contributed by atoms with E-state index in [1.165, 1.54) is 6.92 Å². The summed E-state index contributed by atoms with van der Waals surface area (Å²) in [7, 11) is 1.91. The van der Waals surface area contributed by atoms with Crippen LogP contribution in [0.4, 0.5) is 0 Å². The van der Waals surface area contributed by atoms with Crippen molar-refractivity contribution in [2.75, 3.05) is 33.2 Å². The molecule has 0 radical (unpaired) electrons. The molecule has 1 aliphatic heterocycles. The van der Waals surface area contributed by atoms with Gasteiger partial charge in [0.2, 0.25) is 0 Å². The summed E-state index contributed by atoms with van der Waals surface area (Å²) in [5.74, 6) is -0.584. The second-order valence-electron chi connectivity index (χ2n) is 4.53. The van der Waals surface area contributed by atoms with Crippen molar-refractivity contribution in [3.05, 3.63) is 0 Å². The molecule has 0 amide bonds. The minimum absolute atomic E-state index is 0.211. The normalized spacial score (nSPS) is 26.5. The Bertz CT molecular complexity index is 231. The number of carboxylic acid groups (broad SMARTS) is 1. The van der Waals surface area contributed by atoms with Crippen LogP contribution in [0, 0.1) is 5.92 Å². The first-order valence-corrected chi connectivity index (χ1v) is 5.28. The molecule has 0 bridgehead atoms. The van der Waals surface area contributed by atoms with Crippen LogP contribution in [-0.4, -0.2) is 59.9 Å². The molecule has 1 saturated heterocycles. The van der Waals surface area contributed by atoms with Gasteiger partial charge in [-0.2, -0.15) is 0 Å². The summed E-state index contributed by atoms with van der Waals surface area (Å²) >= 11 is 0. The number of carboxylic acids is 1. The van der Waals surface area contributed by atoms with E-state index in [0.717, 1.165) is 26.1 Å². The molecule has 0 aromatic rings. The monoisotopic (exact) mass is 216 g/mol. The lowest BCUT2D eigenvalue weighted by molar-refractivity contribution is -0.158. The van der Waals surface area contributed by atoms with Gasteiger partial charge in [-0.05, 0) is 39.4 Å². The molecule has 0 aromatic heterocycles. The van der Waals surface area contributed by atoms with Crippen molar-refractivity contribution in [3.8, 4) is 0 Å². The molecule has 2 atom stereocenters. The molecule has 0 aliphatic carbocycles. The lowest BCUT2D eigenvalue weighted by Crippen LogP contribution is -2.46. The number of hydrogen-bond acceptors (Lipinski definition) is 4. The fourth-order valence-corrected chi connectivity index (χ4v) is 2.01. The van der Waals surface area contributed by atoms with Gasteiger partial charge in [-0.25, -0.2) is 4.79 Å². The van der Waals surface area contributed by atoms with Crippen LogP contribution < -0.4 is 5.32 Å². The zero-order chi connectivity index (χ0) is 11.5. The first-order chi connectivity index (χ1) is 6.95. The van der Waals surface area contributed by atoms with E-state index in [0.29, 0.717) is 5.92 Å². The third kappa shape index (κ3) is 3.44. The van der Waals surface area contributed by atoms with Gasteiger partial charge >= 0.3 is 5.97 Å². The number of hydrogen-bond donors (Lipinski definition) is 3. The highest BCUT2D eigenvalue weighted by atomic mass is 16.4. The third-order valence-electron chi connectivity index (χ3n) is 2.85. The molecule has 88 valence electrons. The van der Waals surface area contributed by atoms with Crippen LogP contribution in [0.5, 0.6) is 0 Å². The Morgan fingerprint density at radius 2 is 2.33 bits per heavy atom. The molecule has 3 N–H and O–H groups in total. The Labute approximate surface area is 90.1 Å². The fourth-order valence-electron chi connectivity index (χ4n) is 2.01. The summed E-state index contributed by atoms with van der Waals surface area (Å²) in [6.45, 7) is 4.25. The molecule has 0 spiro atoms. The van der Waals surface area contributed by atoms with Crippen LogP contribution >= 0.6 is 0 Å². The standard InChI is InChI=1S/C10H20N2O3/c1-10(15,9(13)14)7-12-4-3-8(6-12)5-11-2/h8,11,15H,3-7H2,1-2H3,(H,13,14). The SMILES string of the molecule is CNCC1CCN(CC(C)(O)C(=O)O)C1. The summed E-state index contributed by atoms with van der Waals surface area (Å²) in [5.41, 5.74) is -1.63. The van der Waals surface area contributed by atoms with Gasteiger partial charge in [0.1, 0.15) is 0 Å². The molecule has 1 aliphatic rings. The van der Waals surface area contributed by atoms with Crippen molar-refractivity contribution in [2.24, 2.45) is 5.92 Å². The summed E-state index contributed by atoms with van der Waals surface area (Å²) in [6, 6.07) is 0. The van der Waals surface area contributed by atoms with Crippen molar-refractivity contribution in [2.45, 2.75) is 18.9 Å². The van der Waals surface area contributed by atoms with Gasteiger partial charge < -0.3 is 15.5 Å². The van der Waals surface area contributed by atoms with E-state index in [1.54, 1.807) is 0 Å². The molecular weight excluding hydrogens is 196 g/mol. The number of likely N-dealkylation sites (tertiary alicyclic amines) is 1. The van der Waals surface area contributed by atoms with Crippen molar-refractivity contribution in [1.82, 2.24) is 10.2 Å². The number of aliphatic carboxylic acids is 1. The topological polar surface area (TPSA) is 72.8 Å². The quantitative estimate of drug-likeness (QED) is 0.570. The van der Waals surface area contributed by atoms with E-state index >= 15 is 0 Å². The summed E-state index contributed by atoms with van der Waals surface area (Å²) in [5, 5.41) is 21.5. The molecule has 5 heteroatoms. The Hall–Kier alpha value is -0.650. The van der Waals surface area contributed by atoms with E-state index in [9.17, 15) is 9.90 Å². The highest BCUT2D eigenvalue weighted by molar-refractivity contribution is 5.76. The van der Waals surface area contributed by atoms with Crippen molar-refractivity contribution < 1.29 is 15.0 Å². The van der Waals surface area contributed by atoms with Gasteiger partial charge in [-0.15, -0.1) is 0 Å². The molecule has 5 nitrogen and oxygen atoms in total. The highest BCUT2D eigenvalue weighted by Crippen LogP contribution is 2.18. The maximum absolute atomic E-state index is 10.7. The number of aliphatic hydroxyl groups is 1. The van der Waals surface area contributed by atoms with Gasteiger partial charge in [-0.1, -0.05) is 0 Å². The first kappa shape index (κ1) is 12.4. The van der Waals surface area contributed by atoms with Crippen LogP contribution in [0.25, 0.3) is 0 Å². The largest absolute Gasteiger partial charge is 0.479 e. The number of β-amino-alcohol motifs (C(OH)–C–C–N with tert-alkyl or cyclic N) is 1. The predicted octanol–water partition coefficient (Wildman–Crippen LogP) is -0.637. The van der Waals surface area contributed by atoms with E-state index in [4.69, 9.17) is 5.11 Å². The number of rotatable bonds is 5. The maximum Gasteiger partial charge on any atom is 0.336 e. The molecule has 2 unspecified atom stereocenters. The smallest absolute Gasteiger partial charge is 0.336 e. The molecule has 15 heavy (non-hydrogen) atoms. The molecule has 0 saturated carbocycles. The van der Waals surface area contributed by atoms with Crippen LogP contribution in [-0.2, 0) is 4.79 Å². The maximum atomic E-state index is 10.7. The number of carbonyl (C=O) groups is 1. The predicted molar refractivity (Wildman–Crippen MR) is 56.7 cm³/mol. The summed E-state index contributed by atoms with van der Waals surface area (Å²) < 4.78 is 0. The fraction of sp³-hybridized carbons (Fsp3) is 0.900. The molecular formula is C10H20N2O3. The van der Waals surface area contributed by atoms with E-state index < -0.39 is 11.6 Å². The van der Waals surface area contributed by atoms with E-state index in [2.05, 4.69) is 5.32 Å². The van der Waals surface area contributed by atoms with Crippen molar-refractivity contribution in [3.63, 3.8) is 0 Å². The Morgan fingerprint density at radius 1 is 1.67 bits per heavy atom. The van der Waals surface area contributed by atoms with E-state index in [1.807, 2.05) is 11.9 Å².